The molecule has 18 heteroatoms. The number of halogens is 3. The van der Waals surface area contributed by atoms with Gasteiger partial charge in [0.2, 0.25) is 0 Å². The highest BCUT2D eigenvalue weighted by Gasteiger charge is 2.42. The molecule has 1 aromatic carbocycles. The van der Waals surface area contributed by atoms with Crippen LogP contribution in [-0.4, -0.2) is 113 Å². The summed E-state index contributed by atoms with van der Waals surface area (Å²) in [4.78, 5) is 26.4. The zero-order chi connectivity index (χ0) is 39.8. The maximum Gasteiger partial charge on any atom is 0.471 e. The van der Waals surface area contributed by atoms with Crippen LogP contribution in [0.1, 0.15) is 44.5 Å². The minimum atomic E-state index is -5.02. The van der Waals surface area contributed by atoms with Crippen molar-refractivity contribution in [1.29, 1.82) is 0 Å². The van der Waals surface area contributed by atoms with E-state index in [4.69, 9.17) is 28.1 Å². The molecule has 1 aliphatic heterocycles. The summed E-state index contributed by atoms with van der Waals surface area (Å²) in [6, 6.07) is 3.62. The van der Waals surface area contributed by atoms with E-state index in [2.05, 4.69) is 60.7 Å². The van der Waals surface area contributed by atoms with Gasteiger partial charge in [0.25, 0.3) is 0 Å². The van der Waals surface area contributed by atoms with Crippen LogP contribution >= 0.6 is 11.8 Å². The van der Waals surface area contributed by atoms with E-state index in [1.54, 1.807) is 69.9 Å². The van der Waals surface area contributed by atoms with Crippen molar-refractivity contribution in [2.24, 2.45) is 4.99 Å². The molecule has 1 amide bonds. The van der Waals surface area contributed by atoms with Crippen molar-refractivity contribution in [2.75, 3.05) is 54.5 Å². The molecule has 1 fully saturated rings. The number of rotatable bonds is 15. The normalized spacial score (nSPS) is 17.8. The molecule has 296 valence electrons. The summed E-state index contributed by atoms with van der Waals surface area (Å²) in [7, 11) is 6.22. The van der Waals surface area contributed by atoms with Crippen molar-refractivity contribution in [1.82, 2.24) is 24.8 Å². The molecule has 54 heavy (non-hydrogen) atoms. The van der Waals surface area contributed by atoms with Gasteiger partial charge in [-0.25, -0.2) is 15.0 Å². The number of alkyl halides is 3. The number of aromatic nitrogens is 3. The average Bonchev–Trinajstić information content (AvgIpc) is 3.70. The number of carbonyl (C=O) groups is 1. The van der Waals surface area contributed by atoms with E-state index in [1.807, 2.05) is 16.7 Å². The van der Waals surface area contributed by atoms with Gasteiger partial charge in [-0.3, -0.25) is 4.79 Å². The van der Waals surface area contributed by atoms with Gasteiger partial charge >= 0.3 is 12.1 Å². The van der Waals surface area contributed by atoms with Crippen molar-refractivity contribution in [3.63, 3.8) is 0 Å². The number of nitrogens with zero attached hydrogens (tertiary/aromatic N) is 5. The van der Waals surface area contributed by atoms with Gasteiger partial charge in [0.15, 0.2) is 14.1 Å². The van der Waals surface area contributed by atoms with Crippen molar-refractivity contribution >= 4 is 49.2 Å². The van der Waals surface area contributed by atoms with Gasteiger partial charge in [0.1, 0.15) is 41.6 Å². The number of thioether (sulfide) groups is 1. The molecule has 0 radical (unpaired) electrons. The first kappa shape index (κ1) is 42.7. The quantitative estimate of drug-likeness (QED) is 0.0465. The Labute approximate surface area is 319 Å². The Morgan fingerprint density at radius 3 is 2.43 bits per heavy atom. The molecular weight excluding hydrogens is 746 g/mol. The first-order chi connectivity index (χ1) is 25.4. The van der Waals surface area contributed by atoms with E-state index in [-0.39, 0.29) is 11.1 Å². The topological polar surface area (TPSA) is 131 Å². The van der Waals surface area contributed by atoms with E-state index in [0.29, 0.717) is 64.4 Å². The Balaban J connectivity index is 1.63. The Kier molecular flexibility index (Phi) is 14.3. The van der Waals surface area contributed by atoms with Crippen LogP contribution in [0.4, 0.5) is 19.0 Å². The van der Waals surface area contributed by atoms with Gasteiger partial charge in [-0.2, -0.15) is 13.2 Å². The molecule has 13 nitrogen and oxygen atoms in total. The summed E-state index contributed by atoms with van der Waals surface area (Å²) in [6.07, 6.45) is -1.31. The zero-order valence-electron chi connectivity index (χ0n) is 32.3. The molecule has 3 atom stereocenters. The van der Waals surface area contributed by atoms with E-state index < -0.39 is 39.3 Å². The molecule has 0 unspecified atom stereocenters. The van der Waals surface area contributed by atoms with Crippen molar-refractivity contribution in [3.05, 3.63) is 35.8 Å². The third-order valence-corrected chi connectivity index (χ3v) is 14.4. The summed E-state index contributed by atoms with van der Waals surface area (Å²) in [5.41, 5.74) is 1.73. The molecule has 1 saturated heterocycles. The number of methoxy groups -OCH3 is 3. The third-order valence-electron chi connectivity index (χ3n) is 9.15. The number of nitrogens with one attached hydrogen (secondary N) is 1. The van der Waals surface area contributed by atoms with Gasteiger partial charge in [-0.1, -0.05) is 32.6 Å². The molecule has 2 aromatic heterocycles. The lowest BCUT2D eigenvalue weighted by molar-refractivity contribution is -0.173. The third kappa shape index (κ3) is 10.6. The smallest absolute Gasteiger partial charge is 0.471 e. The Morgan fingerprint density at radius 1 is 1.15 bits per heavy atom. The maximum atomic E-state index is 12.7. The molecule has 0 spiro atoms. The molecule has 4 rings (SSSR count). The maximum absolute atomic E-state index is 12.7. The van der Waals surface area contributed by atoms with Gasteiger partial charge < -0.3 is 42.9 Å². The number of fused-ring (bicyclic) bond motifs is 1. The Morgan fingerprint density at radius 2 is 1.83 bits per heavy atom. The van der Waals surface area contributed by atoms with E-state index in [0.717, 1.165) is 5.56 Å². The fraction of sp³-hybridized carbons (Fsp3) is 0.556. The van der Waals surface area contributed by atoms with Crippen molar-refractivity contribution in [3.8, 4) is 29.1 Å². The van der Waals surface area contributed by atoms with Gasteiger partial charge in [0.05, 0.1) is 63.8 Å². The lowest BCUT2D eigenvalue weighted by Gasteiger charge is -2.37. The van der Waals surface area contributed by atoms with Gasteiger partial charge in [-0.05, 0) is 18.1 Å². The largest absolute Gasteiger partial charge is 0.496 e. The monoisotopic (exact) mass is 794 g/mol. The summed E-state index contributed by atoms with van der Waals surface area (Å²) < 4.78 is 76.4. The highest BCUT2D eigenvalue weighted by atomic mass is 32.2. The summed E-state index contributed by atoms with van der Waals surface area (Å²) >= 11 is 1.55. The van der Waals surface area contributed by atoms with E-state index >= 15 is 0 Å². The number of aliphatic imine (C=N–C) groups is 1. The molecule has 1 aliphatic rings. The number of hydrogen-bond acceptors (Lipinski definition) is 11. The first-order valence-electron chi connectivity index (χ1n) is 17.1. The van der Waals surface area contributed by atoms with Crippen LogP contribution in [-0.2, 0) is 24.4 Å². The number of benzene rings is 1. The number of ether oxygens (including phenoxy) is 5. The Hall–Kier alpha value is -4.02. The standard InChI is InChI=1S/C36H49F3N6O7SSi/c1-35(2,3)54(9,10)51-18-29-28(50-22-53-19-25-26(48-7)14-24(47-6)15-27(25)49-8)16-30(52-29)45-17-23(12-11-13-40-34(46)36(37,38)39)31-32(43-21-44(4)5)41-20-42-33(31)45/h14-15,17,20-21,28-30H,13,16,18-19,22H2,1-10H3,(H,40,46)/b43-21+/t28-,29+,30+/m0/s1. The molecule has 1 N–H and O–H groups in total. The van der Waals surface area contributed by atoms with Gasteiger partial charge in [0, 0.05) is 50.2 Å². The van der Waals surface area contributed by atoms with Crippen LogP contribution in [0.15, 0.2) is 29.6 Å². The highest BCUT2D eigenvalue weighted by molar-refractivity contribution is 7.98. The van der Waals surface area contributed by atoms with E-state index in [1.165, 1.54) is 6.33 Å². The van der Waals surface area contributed by atoms with Crippen molar-refractivity contribution < 1.29 is 46.1 Å². The second-order valence-corrected chi connectivity index (χ2v) is 19.9. The molecule has 0 aliphatic carbocycles. The van der Waals surface area contributed by atoms with Crippen LogP contribution in [0.25, 0.3) is 11.0 Å². The number of hydrogen-bond donors (Lipinski definition) is 1. The van der Waals surface area contributed by atoms with Crippen LogP contribution in [0, 0.1) is 11.8 Å². The predicted molar refractivity (Wildman–Crippen MR) is 204 cm³/mol. The fourth-order valence-electron chi connectivity index (χ4n) is 5.22. The van der Waals surface area contributed by atoms with Crippen molar-refractivity contribution in [2.45, 2.75) is 75.7 Å². The fourth-order valence-corrected chi connectivity index (χ4v) is 7.08. The predicted octanol–water partition coefficient (Wildman–Crippen LogP) is 6.29. The van der Waals surface area contributed by atoms with Gasteiger partial charge in [-0.15, -0.1) is 11.8 Å². The first-order valence-corrected chi connectivity index (χ1v) is 21.1. The SMILES string of the molecule is COc1cc(OC)c(CSCO[C@H]2C[C@H](n3cc(C#CCNC(=O)C(F)(F)F)c4c(/N=C/N(C)C)ncnc43)O[C@@H]2CO[Si](C)(C)C(C)(C)C)c(OC)c1. The molecular formula is C36H49F3N6O7SSi. The van der Waals surface area contributed by atoms with Crippen LogP contribution < -0.4 is 19.5 Å². The second-order valence-electron chi connectivity index (χ2n) is 14.2. The number of carbonyl (C=O) groups excluding carboxylic acids is 1. The lowest BCUT2D eigenvalue weighted by Crippen LogP contribution is -2.44. The van der Waals surface area contributed by atoms with E-state index in [9.17, 15) is 18.0 Å². The highest BCUT2D eigenvalue weighted by Crippen LogP contribution is 2.41. The summed E-state index contributed by atoms with van der Waals surface area (Å²) in [5.74, 6) is 6.49. The Bertz CT molecular complexity index is 1830. The minimum Gasteiger partial charge on any atom is -0.496 e. The summed E-state index contributed by atoms with van der Waals surface area (Å²) in [5, 5.41) is 2.22. The second kappa shape index (κ2) is 18.1. The average molecular weight is 795 g/mol. The van der Waals surface area contributed by atoms with Crippen LogP contribution in [0.5, 0.6) is 17.2 Å². The molecule has 3 aromatic rings. The minimum absolute atomic E-state index is 0.0299. The zero-order valence-corrected chi connectivity index (χ0v) is 34.1. The van der Waals surface area contributed by atoms with Crippen LogP contribution in [0.2, 0.25) is 18.1 Å². The number of amides is 1. The summed E-state index contributed by atoms with van der Waals surface area (Å²) in [6.45, 7) is 10.6. The molecule has 3 heterocycles. The molecule has 0 saturated carbocycles. The molecule has 0 bridgehead atoms. The van der Waals surface area contributed by atoms with Crippen LogP contribution in [0.3, 0.4) is 0 Å². The lowest BCUT2D eigenvalue weighted by atomic mass is 10.2.